The van der Waals surface area contributed by atoms with Gasteiger partial charge in [-0.2, -0.15) is 5.10 Å². The summed E-state index contributed by atoms with van der Waals surface area (Å²) in [6, 6.07) is 18.5. The van der Waals surface area contributed by atoms with Gasteiger partial charge in [0.15, 0.2) is 5.13 Å². The van der Waals surface area contributed by atoms with Crippen LogP contribution in [0.2, 0.25) is 5.02 Å². The lowest BCUT2D eigenvalue weighted by atomic mass is 10.1. The minimum atomic E-state index is -0.306. The van der Waals surface area contributed by atoms with Crippen LogP contribution in [0, 0.1) is 19.5 Å². The summed E-state index contributed by atoms with van der Waals surface area (Å²) in [5.74, 6) is 2.89. The zero-order valence-electron chi connectivity index (χ0n) is 18.5. The van der Waals surface area contributed by atoms with Gasteiger partial charge in [-0.15, -0.1) is 17.8 Å². The lowest BCUT2D eigenvalue weighted by Crippen LogP contribution is -2.17. The van der Waals surface area contributed by atoms with E-state index in [-0.39, 0.29) is 12.5 Å². The first kappa shape index (κ1) is 26.4. The van der Waals surface area contributed by atoms with Gasteiger partial charge >= 0.3 is 0 Å². The number of nitrogens with zero attached hydrogens (tertiary/aromatic N) is 2. The zero-order valence-corrected chi connectivity index (χ0v) is 24.4. The fraction of sp³-hybridized carbons (Fsp3) is 0.0385. The highest BCUT2D eigenvalue weighted by Gasteiger charge is 2.10. The highest BCUT2D eigenvalue weighted by Crippen LogP contribution is 2.29. The van der Waals surface area contributed by atoms with Gasteiger partial charge in [-0.25, -0.2) is 10.4 Å². The lowest BCUT2D eigenvalue weighted by molar-refractivity contribution is 0.0955. The Balaban J connectivity index is 1.36. The molecule has 3 aromatic carbocycles. The number of terminal acetylenes is 1. The van der Waals surface area contributed by atoms with Gasteiger partial charge in [-0.05, 0) is 99.3 Å². The second-order valence-electron chi connectivity index (χ2n) is 7.25. The third-order valence-corrected chi connectivity index (χ3v) is 7.35. The van der Waals surface area contributed by atoms with E-state index in [1.54, 1.807) is 18.3 Å². The lowest BCUT2D eigenvalue weighted by Gasteiger charge is -2.08. The number of benzene rings is 3. The van der Waals surface area contributed by atoms with E-state index >= 15 is 0 Å². The minimum absolute atomic E-state index is 0.207. The average molecular weight is 739 g/mol. The fourth-order valence-electron chi connectivity index (χ4n) is 3.05. The Labute approximate surface area is 244 Å². The summed E-state index contributed by atoms with van der Waals surface area (Å²) < 4.78 is 7.39. The molecule has 0 saturated carbocycles. The normalized spacial score (nSPS) is 10.7. The van der Waals surface area contributed by atoms with Crippen LogP contribution in [-0.4, -0.2) is 23.7 Å². The van der Waals surface area contributed by atoms with E-state index in [1.807, 2.05) is 53.9 Å². The Morgan fingerprint density at radius 3 is 2.50 bits per heavy atom. The molecule has 0 spiro atoms. The Hall–Kier alpha value is -2.66. The molecule has 2 N–H and O–H groups in total. The molecule has 1 aromatic heterocycles. The van der Waals surface area contributed by atoms with Gasteiger partial charge in [0.1, 0.15) is 12.4 Å². The number of rotatable bonds is 8. The maximum Gasteiger partial charge on any atom is 0.271 e. The van der Waals surface area contributed by atoms with E-state index in [0.29, 0.717) is 10.6 Å². The summed E-state index contributed by atoms with van der Waals surface area (Å²) in [6.45, 7) is 0.207. The van der Waals surface area contributed by atoms with Crippen molar-refractivity contribution < 1.29 is 9.53 Å². The van der Waals surface area contributed by atoms with Crippen molar-refractivity contribution in [3.63, 3.8) is 0 Å². The molecule has 0 atom stereocenters. The second-order valence-corrected chi connectivity index (χ2v) is 10.9. The number of carbonyl (C=O) groups is 1. The van der Waals surface area contributed by atoms with Crippen molar-refractivity contribution in [3.05, 3.63) is 89.3 Å². The second kappa shape index (κ2) is 12.5. The van der Waals surface area contributed by atoms with E-state index < -0.39 is 0 Å². The number of ether oxygens (including phenoxy) is 1. The van der Waals surface area contributed by atoms with Gasteiger partial charge in [0.05, 0.1) is 19.0 Å². The van der Waals surface area contributed by atoms with Crippen LogP contribution >= 0.6 is 68.1 Å². The number of hydrogen-bond donors (Lipinski definition) is 2. The molecule has 0 saturated heterocycles. The summed E-state index contributed by atoms with van der Waals surface area (Å²) in [6.07, 6.45) is 6.86. The Morgan fingerprint density at radius 2 is 1.83 bits per heavy atom. The van der Waals surface area contributed by atoms with Gasteiger partial charge in [0.25, 0.3) is 5.91 Å². The topological polar surface area (TPSA) is 75.6 Å². The van der Waals surface area contributed by atoms with Crippen LogP contribution in [0.25, 0.3) is 11.3 Å². The molecule has 0 unspecified atom stereocenters. The molecule has 10 heteroatoms. The molecule has 0 aliphatic heterocycles. The molecule has 4 rings (SSSR count). The number of hydrogen-bond acceptors (Lipinski definition) is 6. The van der Waals surface area contributed by atoms with Gasteiger partial charge in [0, 0.05) is 27.2 Å². The van der Waals surface area contributed by atoms with Crippen LogP contribution in [0.4, 0.5) is 10.8 Å². The number of halogens is 3. The number of amides is 1. The summed E-state index contributed by atoms with van der Waals surface area (Å²) in [7, 11) is 0. The van der Waals surface area contributed by atoms with Crippen molar-refractivity contribution >= 4 is 91.1 Å². The van der Waals surface area contributed by atoms with E-state index in [0.717, 1.165) is 40.5 Å². The largest absolute Gasteiger partial charge is 0.479 e. The molecule has 0 fully saturated rings. The Bertz CT molecular complexity index is 1430. The number of thiazole rings is 1. The maximum atomic E-state index is 12.5. The van der Waals surface area contributed by atoms with Crippen molar-refractivity contribution in [1.82, 2.24) is 10.4 Å². The van der Waals surface area contributed by atoms with Gasteiger partial charge in [-0.3, -0.25) is 4.79 Å². The van der Waals surface area contributed by atoms with Crippen LogP contribution in [0.15, 0.2) is 71.1 Å². The van der Waals surface area contributed by atoms with Crippen LogP contribution in [0.1, 0.15) is 15.9 Å². The third-order valence-electron chi connectivity index (χ3n) is 4.74. The van der Waals surface area contributed by atoms with Crippen LogP contribution in [0.5, 0.6) is 5.75 Å². The minimum Gasteiger partial charge on any atom is -0.479 e. The number of anilines is 2. The average Bonchev–Trinajstić information content (AvgIpc) is 3.33. The summed E-state index contributed by atoms with van der Waals surface area (Å²) in [5.41, 5.74) is 6.53. The number of carbonyl (C=O) groups excluding carboxylic acids is 1. The smallest absolute Gasteiger partial charge is 0.271 e. The van der Waals surface area contributed by atoms with Crippen molar-refractivity contribution in [3.8, 4) is 29.4 Å². The first-order valence-electron chi connectivity index (χ1n) is 10.4. The quantitative estimate of drug-likeness (QED) is 0.0869. The van der Waals surface area contributed by atoms with E-state index in [4.69, 9.17) is 22.8 Å². The predicted molar refractivity (Wildman–Crippen MR) is 164 cm³/mol. The van der Waals surface area contributed by atoms with E-state index in [1.165, 1.54) is 11.3 Å². The zero-order chi connectivity index (χ0) is 25.5. The number of nitrogens with one attached hydrogen (secondary N) is 2. The van der Waals surface area contributed by atoms with Crippen LogP contribution < -0.4 is 15.5 Å². The summed E-state index contributed by atoms with van der Waals surface area (Å²) in [5, 5.41) is 10.8. The van der Waals surface area contributed by atoms with E-state index in [9.17, 15) is 4.79 Å². The summed E-state index contributed by atoms with van der Waals surface area (Å²) in [4.78, 5) is 17.1. The Kier molecular flexibility index (Phi) is 9.19. The molecule has 0 aliphatic rings. The standard InChI is InChI=1S/C26H17ClI2N4O2S/c1-2-11-35-24-21(28)12-16(13-22(24)29)14-30-33-25(34)18-5-3-17(4-6-18)23-15-36-26(32-23)31-20-9-7-19(27)8-10-20/h1,3-10,12-15H,11H2,(H,31,32)(H,33,34)/b30-14-. The summed E-state index contributed by atoms with van der Waals surface area (Å²) >= 11 is 11.8. The van der Waals surface area contributed by atoms with Crippen molar-refractivity contribution in [2.75, 3.05) is 11.9 Å². The van der Waals surface area contributed by atoms with Crippen molar-refractivity contribution in [2.24, 2.45) is 5.10 Å². The number of aromatic nitrogens is 1. The molecule has 4 aromatic rings. The molecule has 0 bridgehead atoms. The van der Waals surface area contributed by atoms with Gasteiger partial charge in [0.2, 0.25) is 0 Å². The molecular formula is C26H17ClI2N4O2S. The highest BCUT2D eigenvalue weighted by molar-refractivity contribution is 14.1. The molecule has 0 aliphatic carbocycles. The SMILES string of the molecule is C#CCOc1c(I)cc(/C=N\NC(=O)c2ccc(-c3csc(Nc4ccc(Cl)cc4)n3)cc2)cc1I. The van der Waals surface area contributed by atoms with Gasteiger partial charge < -0.3 is 10.1 Å². The molecule has 1 heterocycles. The first-order valence-corrected chi connectivity index (χ1v) is 13.8. The van der Waals surface area contributed by atoms with Crippen molar-refractivity contribution in [1.29, 1.82) is 0 Å². The Morgan fingerprint density at radius 1 is 1.14 bits per heavy atom. The molecule has 0 radical (unpaired) electrons. The maximum absolute atomic E-state index is 12.5. The van der Waals surface area contributed by atoms with Crippen molar-refractivity contribution in [2.45, 2.75) is 0 Å². The van der Waals surface area contributed by atoms with E-state index in [2.05, 4.69) is 71.9 Å². The fourth-order valence-corrected chi connectivity index (χ4v) is 6.04. The third kappa shape index (κ3) is 6.97. The number of hydrazone groups is 1. The first-order chi connectivity index (χ1) is 17.4. The van der Waals surface area contributed by atoms with Crippen LogP contribution in [-0.2, 0) is 0 Å². The highest BCUT2D eigenvalue weighted by atomic mass is 127. The molecule has 1 amide bonds. The molecular weight excluding hydrogens is 722 g/mol. The van der Waals surface area contributed by atoms with Gasteiger partial charge in [-0.1, -0.05) is 29.7 Å². The van der Waals surface area contributed by atoms with Crippen LogP contribution in [0.3, 0.4) is 0 Å². The molecule has 36 heavy (non-hydrogen) atoms. The monoisotopic (exact) mass is 738 g/mol. The molecule has 180 valence electrons. The molecule has 6 nitrogen and oxygen atoms in total. The predicted octanol–water partition coefficient (Wildman–Crippen LogP) is 7.19.